The van der Waals surface area contributed by atoms with Crippen LogP contribution in [0.1, 0.15) is 233 Å². The van der Waals surface area contributed by atoms with Gasteiger partial charge in [-0.05, 0) is 77.0 Å². The summed E-state index contributed by atoms with van der Waals surface area (Å²) in [6, 6.07) is 0. The minimum absolute atomic E-state index is 0.0841. The molecule has 0 aliphatic heterocycles. The number of carbonyl (C=O) groups excluding carboxylic acids is 3. The van der Waals surface area contributed by atoms with E-state index in [1.807, 2.05) is 0 Å². The molecule has 0 rings (SSSR count). The Bertz CT molecular complexity index is 1070. The number of esters is 3. The SMILES string of the molecule is CC/C=C\C/C=C\C/C=C\C/C=C\CCCCCCC(=O)OC[C@H](COC(=O)CCCCCCCCCCCCCC)OC(=O)CCCCCCC/C=C\CCCC. The predicted molar refractivity (Wildman–Crippen MR) is 247 cm³/mol. The molecule has 0 heterocycles. The molecule has 6 nitrogen and oxygen atoms in total. The first kappa shape index (κ1) is 55.1. The van der Waals surface area contributed by atoms with E-state index in [0.29, 0.717) is 19.3 Å². The zero-order valence-corrected chi connectivity index (χ0v) is 38.0. The molecule has 0 spiro atoms. The number of unbranched alkanes of at least 4 members (excludes halogenated alkanes) is 22. The van der Waals surface area contributed by atoms with Gasteiger partial charge in [0.25, 0.3) is 0 Å². The molecule has 0 amide bonds. The number of hydrogen-bond donors (Lipinski definition) is 0. The lowest BCUT2D eigenvalue weighted by molar-refractivity contribution is -0.167. The van der Waals surface area contributed by atoms with E-state index in [1.165, 1.54) is 83.5 Å². The summed E-state index contributed by atoms with van der Waals surface area (Å²) in [5.74, 6) is -0.918. The standard InChI is InChI=1S/C52H90O6/c1-4-7-10-13-16-19-22-24-25-26-27-28-31-33-36-39-42-45-51(54)57-48-49(58-52(55)46-43-40-37-34-29-21-18-15-12-9-6-3)47-56-50(53)44-41-38-35-32-30-23-20-17-14-11-8-5-2/h7,10,15-16,18-19,24-25,27-28,49H,4-6,8-9,11-14,17,20-23,26,29-48H2,1-3H3/b10-7-,18-15-,19-16-,25-24-,28-27-/t49-/m0/s1. The maximum Gasteiger partial charge on any atom is 0.306 e. The van der Waals surface area contributed by atoms with E-state index >= 15 is 0 Å². The van der Waals surface area contributed by atoms with Crippen molar-refractivity contribution in [3.8, 4) is 0 Å². The minimum Gasteiger partial charge on any atom is -0.462 e. The molecule has 0 fully saturated rings. The van der Waals surface area contributed by atoms with Gasteiger partial charge in [0.05, 0.1) is 0 Å². The largest absolute Gasteiger partial charge is 0.462 e. The first-order valence-corrected chi connectivity index (χ1v) is 24.3. The third kappa shape index (κ3) is 44.2. The van der Waals surface area contributed by atoms with Gasteiger partial charge < -0.3 is 14.2 Å². The molecule has 58 heavy (non-hydrogen) atoms. The Morgan fingerprint density at radius 2 is 0.690 bits per heavy atom. The van der Waals surface area contributed by atoms with E-state index in [2.05, 4.69) is 81.5 Å². The molecule has 0 aromatic heterocycles. The third-order valence-electron chi connectivity index (χ3n) is 10.3. The van der Waals surface area contributed by atoms with Crippen molar-refractivity contribution >= 4 is 17.9 Å². The molecule has 0 bridgehead atoms. The fourth-order valence-electron chi connectivity index (χ4n) is 6.59. The quantitative estimate of drug-likeness (QED) is 0.0264. The maximum atomic E-state index is 12.7. The Morgan fingerprint density at radius 1 is 0.362 bits per heavy atom. The highest BCUT2D eigenvalue weighted by Crippen LogP contribution is 2.14. The molecular weight excluding hydrogens is 721 g/mol. The predicted octanol–water partition coefficient (Wildman–Crippen LogP) is 15.7. The van der Waals surface area contributed by atoms with Gasteiger partial charge in [0.1, 0.15) is 13.2 Å². The Labute approximate surface area is 358 Å². The lowest BCUT2D eigenvalue weighted by Crippen LogP contribution is -2.30. The summed E-state index contributed by atoms with van der Waals surface area (Å²) in [5.41, 5.74) is 0. The number of carbonyl (C=O) groups is 3. The molecule has 0 aliphatic rings. The second-order valence-corrected chi connectivity index (χ2v) is 16.0. The minimum atomic E-state index is -0.784. The van der Waals surface area contributed by atoms with E-state index in [9.17, 15) is 14.4 Å². The lowest BCUT2D eigenvalue weighted by atomic mass is 10.0. The highest BCUT2D eigenvalue weighted by atomic mass is 16.6. The van der Waals surface area contributed by atoms with E-state index in [-0.39, 0.29) is 31.1 Å². The Kier molecular flexibility index (Phi) is 44.5. The van der Waals surface area contributed by atoms with Crippen LogP contribution >= 0.6 is 0 Å². The fraction of sp³-hybridized carbons (Fsp3) is 0.750. The Hall–Kier alpha value is -2.89. The van der Waals surface area contributed by atoms with Crippen molar-refractivity contribution in [3.63, 3.8) is 0 Å². The van der Waals surface area contributed by atoms with Crippen LogP contribution < -0.4 is 0 Å². The summed E-state index contributed by atoms with van der Waals surface area (Å²) in [6.45, 7) is 6.45. The van der Waals surface area contributed by atoms with E-state index in [1.54, 1.807) is 0 Å². The molecule has 0 unspecified atom stereocenters. The highest BCUT2D eigenvalue weighted by Gasteiger charge is 2.19. The van der Waals surface area contributed by atoms with Gasteiger partial charge in [0, 0.05) is 19.3 Å². The number of rotatable bonds is 43. The summed E-state index contributed by atoms with van der Waals surface area (Å²) in [6.07, 6.45) is 56.3. The van der Waals surface area contributed by atoms with Crippen LogP contribution in [0.15, 0.2) is 60.8 Å². The number of ether oxygens (including phenoxy) is 3. The van der Waals surface area contributed by atoms with Crippen molar-refractivity contribution in [2.45, 2.75) is 239 Å². The first-order valence-electron chi connectivity index (χ1n) is 24.3. The molecule has 0 radical (unpaired) electrons. The molecule has 6 heteroatoms. The van der Waals surface area contributed by atoms with Crippen molar-refractivity contribution in [1.29, 1.82) is 0 Å². The van der Waals surface area contributed by atoms with Crippen LogP contribution in [0.3, 0.4) is 0 Å². The van der Waals surface area contributed by atoms with Crippen LogP contribution in [0, 0.1) is 0 Å². The normalized spacial score (nSPS) is 12.5. The topological polar surface area (TPSA) is 78.9 Å². The van der Waals surface area contributed by atoms with Crippen LogP contribution in [-0.2, 0) is 28.6 Å². The number of allylic oxidation sites excluding steroid dienone is 10. The van der Waals surface area contributed by atoms with Crippen molar-refractivity contribution in [2.75, 3.05) is 13.2 Å². The van der Waals surface area contributed by atoms with Gasteiger partial charge in [-0.15, -0.1) is 0 Å². The van der Waals surface area contributed by atoms with Gasteiger partial charge >= 0.3 is 17.9 Å². The van der Waals surface area contributed by atoms with Crippen molar-refractivity contribution in [2.24, 2.45) is 0 Å². The molecule has 334 valence electrons. The van der Waals surface area contributed by atoms with Crippen LogP contribution in [0.4, 0.5) is 0 Å². The fourth-order valence-corrected chi connectivity index (χ4v) is 6.59. The Balaban J connectivity index is 4.40. The van der Waals surface area contributed by atoms with Gasteiger partial charge in [-0.1, -0.05) is 197 Å². The first-order chi connectivity index (χ1) is 28.5. The van der Waals surface area contributed by atoms with Gasteiger partial charge in [0.15, 0.2) is 6.10 Å². The van der Waals surface area contributed by atoms with Crippen LogP contribution in [0.25, 0.3) is 0 Å². The zero-order chi connectivity index (χ0) is 42.3. The summed E-state index contributed by atoms with van der Waals surface area (Å²) >= 11 is 0. The molecular formula is C52H90O6. The molecule has 0 aromatic carbocycles. The highest BCUT2D eigenvalue weighted by molar-refractivity contribution is 5.71. The van der Waals surface area contributed by atoms with Crippen molar-refractivity contribution in [1.82, 2.24) is 0 Å². The summed E-state index contributed by atoms with van der Waals surface area (Å²) in [7, 11) is 0. The lowest BCUT2D eigenvalue weighted by Gasteiger charge is -2.18. The molecule has 0 aromatic rings. The smallest absolute Gasteiger partial charge is 0.306 e. The average Bonchev–Trinajstić information content (AvgIpc) is 3.22. The summed E-state index contributed by atoms with van der Waals surface area (Å²) in [5, 5.41) is 0. The molecule has 0 N–H and O–H groups in total. The molecule has 0 saturated carbocycles. The maximum absolute atomic E-state index is 12.7. The second-order valence-electron chi connectivity index (χ2n) is 16.0. The Morgan fingerprint density at radius 3 is 1.12 bits per heavy atom. The van der Waals surface area contributed by atoms with Crippen molar-refractivity contribution < 1.29 is 28.6 Å². The monoisotopic (exact) mass is 811 g/mol. The van der Waals surface area contributed by atoms with Gasteiger partial charge in [-0.25, -0.2) is 0 Å². The second kappa shape index (κ2) is 46.8. The van der Waals surface area contributed by atoms with Crippen LogP contribution in [0.5, 0.6) is 0 Å². The third-order valence-corrected chi connectivity index (χ3v) is 10.3. The van der Waals surface area contributed by atoms with Gasteiger partial charge in [-0.3, -0.25) is 14.4 Å². The van der Waals surface area contributed by atoms with E-state index < -0.39 is 6.10 Å². The molecule has 0 aliphatic carbocycles. The average molecular weight is 811 g/mol. The van der Waals surface area contributed by atoms with Gasteiger partial charge in [-0.2, -0.15) is 0 Å². The molecule has 1 atom stereocenters. The van der Waals surface area contributed by atoms with Gasteiger partial charge in [0.2, 0.25) is 0 Å². The summed E-state index contributed by atoms with van der Waals surface area (Å²) in [4.78, 5) is 37.8. The van der Waals surface area contributed by atoms with Crippen LogP contribution in [-0.4, -0.2) is 37.2 Å². The molecule has 0 saturated heterocycles. The number of hydrogen-bond acceptors (Lipinski definition) is 6. The zero-order valence-electron chi connectivity index (χ0n) is 38.0. The van der Waals surface area contributed by atoms with E-state index in [0.717, 1.165) is 109 Å². The van der Waals surface area contributed by atoms with Crippen molar-refractivity contribution in [3.05, 3.63) is 60.8 Å². The van der Waals surface area contributed by atoms with Crippen LogP contribution in [0.2, 0.25) is 0 Å². The van der Waals surface area contributed by atoms with E-state index in [4.69, 9.17) is 14.2 Å². The summed E-state index contributed by atoms with van der Waals surface area (Å²) < 4.78 is 16.7.